The second-order valence-electron chi connectivity index (χ2n) is 4.88. The summed E-state index contributed by atoms with van der Waals surface area (Å²) in [5.41, 5.74) is 1.78. The maximum Gasteiger partial charge on any atom is 0.297 e. The summed E-state index contributed by atoms with van der Waals surface area (Å²) in [5.74, 6) is -0.427. The minimum absolute atomic E-state index is 0.0350. The summed E-state index contributed by atoms with van der Waals surface area (Å²) in [6.45, 7) is 1.33. The first kappa shape index (κ1) is 17.6. The molecule has 4 nitrogen and oxygen atoms in total. The van der Waals surface area contributed by atoms with E-state index < -0.39 is 22.5 Å². The lowest BCUT2D eigenvalue weighted by atomic mass is 10.2. The Bertz CT molecular complexity index is 807. The first-order valence-electron chi connectivity index (χ1n) is 6.79. The lowest BCUT2D eigenvalue weighted by Crippen LogP contribution is -2.12. The van der Waals surface area contributed by atoms with Crippen molar-refractivity contribution in [1.82, 2.24) is 0 Å². The van der Waals surface area contributed by atoms with E-state index in [1.807, 2.05) is 31.2 Å². The molecule has 0 aliphatic rings. The minimum Gasteiger partial charge on any atom is -0.292 e. The summed E-state index contributed by atoms with van der Waals surface area (Å²) in [6.07, 6.45) is 2.91. The molecule has 0 unspecified atom stereocenters. The number of benzene rings is 2. The minimum atomic E-state index is -3.92. The molecule has 0 atom stereocenters. The number of hydrogen-bond acceptors (Lipinski definition) is 4. The second-order valence-corrected chi connectivity index (χ2v) is 7.41. The van der Waals surface area contributed by atoms with Gasteiger partial charge in [-0.25, -0.2) is 0 Å². The van der Waals surface area contributed by atoms with Crippen molar-refractivity contribution in [2.24, 2.45) is 0 Å². The Kier molecular flexibility index (Phi) is 5.87. The third-order valence-electron chi connectivity index (χ3n) is 3.00. The van der Waals surface area contributed by atoms with Crippen molar-refractivity contribution in [3.05, 3.63) is 70.2 Å². The third kappa shape index (κ3) is 5.42. The van der Waals surface area contributed by atoms with Crippen LogP contribution in [0, 0.1) is 6.92 Å². The molecule has 0 aliphatic heterocycles. The largest absolute Gasteiger partial charge is 0.297 e. The fourth-order valence-corrected chi connectivity index (χ4v) is 2.86. The van der Waals surface area contributed by atoms with E-state index in [1.165, 1.54) is 18.2 Å². The van der Waals surface area contributed by atoms with Crippen molar-refractivity contribution in [2.45, 2.75) is 11.8 Å². The number of rotatable bonds is 6. The van der Waals surface area contributed by atoms with Crippen molar-refractivity contribution in [1.29, 1.82) is 0 Å². The van der Waals surface area contributed by atoms with Gasteiger partial charge in [-0.05, 0) is 42.8 Å². The highest BCUT2D eigenvalue weighted by Gasteiger charge is 2.15. The average molecular weight is 395 g/mol. The van der Waals surface area contributed by atoms with E-state index in [0.29, 0.717) is 0 Å². The van der Waals surface area contributed by atoms with Gasteiger partial charge in [0.25, 0.3) is 10.1 Å². The number of hydrogen-bond donors (Lipinski definition) is 0. The molecule has 0 N–H and O–H groups in total. The van der Waals surface area contributed by atoms with E-state index in [4.69, 9.17) is 4.18 Å². The molecular formula is C17H15BrO4S. The van der Waals surface area contributed by atoms with E-state index in [9.17, 15) is 13.2 Å². The molecule has 120 valence electrons. The summed E-state index contributed by atoms with van der Waals surface area (Å²) in [4.78, 5) is 11.8. The molecule has 0 radical (unpaired) electrons. The summed E-state index contributed by atoms with van der Waals surface area (Å²) in [6, 6.07) is 13.6. The zero-order valence-corrected chi connectivity index (χ0v) is 14.8. The monoisotopic (exact) mass is 394 g/mol. The highest BCUT2D eigenvalue weighted by molar-refractivity contribution is 9.10. The molecule has 2 aromatic carbocycles. The Labute approximate surface area is 144 Å². The summed E-state index contributed by atoms with van der Waals surface area (Å²) >= 11 is 3.32. The van der Waals surface area contributed by atoms with Crippen molar-refractivity contribution in [3.63, 3.8) is 0 Å². The van der Waals surface area contributed by atoms with Crippen LogP contribution in [0.15, 0.2) is 64.0 Å². The fraction of sp³-hybridized carbons (Fsp3) is 0.118. The Balaban J connectivity index is 1.95. The van der Waals surface area contributed by atoms with Crippen LogP contribution in [0.4, 0.5) is 0 Å². The van der Waals surface area contributed by atoms with Crippen LogP contribution in [-0.4, -0.2) is 20.8 Å². The van der Waals surface area contributed by atoms with Gasteiger partial charge in [-0.3, -0.25) is 8.98 Å². The first-order chi connectivity index (χ1) is 10.9. The molecule has 2 rings (SSSR count). The first-order valence-corrected chi connectivity index (χ1v) is 8.99. The normalized spacial score (nSPS) is 11.7. The van der Waals surface area contributed by atoms with Crippen molar-refractivity contribution in [2.75, 3.05) is 6.61 Å². The molecule has 0 aromatic heterocycles. The van der Waals surface area contributed by atoms with E-state index in [-0.39, 0.29) is 4.90 Å². The van der Waals surface area contributed by atoms with Crippen LogP contribution in [0.25, 0.3) is 6.08 Å². The lowest BCUT2D eigenvalue weighted by Gasteiger charge is -2.04. The van der Waals surface area contributed by atoms with E-state index >= 15 is 0 Å². The van der Waals surface area contributed by atoms with Crippen molar-refractivity contribution in [3.8, 4) is 0 Å². The molecule has 6 heteroatoms. The number of halogens is 1. The van der Waals surface area contributed by atoms with Crippen LogP contribution in [-0.2, 0) is 19.1 Å². The van der Waals surface area contributed by atoms with Crippen molar-refractivity contribution < 1.29 is 17.4 Å². The summed E-state index contributed by atoms with van der Waals surface area (Å²) < 4.78 is 29.6. The number of ketones is 1. The standard InChI is InChI=1S/C17H15BrO4S/c1-13-2-10-17(11-3-13)23(20,21)22-12-16(19)9-6-14-4-7-15(18)8-5-14/h2-11H,12H2,1H3/b9-6+. The third-order valence-corrected chi connectivity index (χ3v) is 4.80. The molecule has 0 spiro atoms. The zero-order valence-electron chi connectivity index (χ0n) is 12.4. The van der Waals surface area contributed by atoms with Crippen LogP contribution in [0.2, 0.25) is 0 Å². The van der Waals surface area contributed by atoms with Crippen LogP contribution < -0.4 is 0 Å². The Morgan fingerprint density at radius 1 is 1.09 bits per heavy atom. The van der Waals surface area contributed by atoms with Gasteiger partial charge in [-0.1, -0.05) is 51.8 Å². The van der Waals surface area contributed by atoms with Crippen LogP contribution in [0.3, 0.4) is 0 Å². The quantitative estimate of drug-likeness (QED) is 0.552. The van der Waals surface area contributed by atoms with Gasteiger partial charge >= 0.3 is 0 Å². The van der Waals surface area contributed by atoms with Gasteiger partial charge in [0.15, 0.2) is 5.78 Å². The maximum absolute atomic E-state index is 12.0. The van der Waals surface area contributed by atoms with Gasteiger partial charge in [0, 0.05) is 4.47 Å². The smallest absolute Gasteiger partial charge is 0.292 e. The van der Waals surface area contributed by atoms with Crippen molar-refractivity contribution >= 4 is 37.9 Å². The van der Waals surface area contributed by atoms with E-state index in [0.717, 1.165) is 15.6 Å². The predicted molar refractivity (Wildman–Crippen MR) is 92.5 cm³/mol. The Hall–Kier alpha value is -1.76. The molecule has 0 amide bonds. The number of aryl methyl sites for hydroxylation is 1. The Morgan fingerprint density at radius 2 is 1.70 bits per heavy atom. The maximum atomic E-state index is 12.0. The Morgan fingerprint density at radius 3 is 2.30 bits per heavy atom. The number of carbonyl (C=O) groups is 1. The zero-order chi connectivity index (χ0) is 16.9. The number of carbonyl (C=O) groups excluding carboxylic acids is 1. The molecule has 0 saturated carbocycles. The van der Waals surface area contributed by atoms with Gasteiger partial charge in [-0.2, -0.15) is 8.42 Å². The molecule has 0 fully saturated rings. The summed E-state index contributed by atoms with van der Waals surface area (Å²) in [5, 5.41) is 0. The molecule has 0 aliphatic carbocycles. The van der Waals surface area contributed by atoms with Crippen LogP contribution >= 0.6 is 15.9 Å². The van der Waals surface area contributed by atoms with Gasteiger partial charge in [0.2, 0.25) is 0 Å². The highest BCUT2D eigenvalue weighted by atomic mass is 79.9. The van der Waals surface area contributed by atoms with Crippen LogP contribution in [0.1, 0.15) is 11.1 Å². The summed E-state index contributed by atoms with van der Waals surface area (Å²) in [7, 11) is -3.92. The van der Waals surface area contributed by atoms with Gasteiger partial charge in [0.05, 0.1) is 4.90 Å². The molecule has 0 heterocycles. The SMILES string of the molecule is Cc1ccc(S(=O)(=O)OCC(=O)/C=C/c2ccc(Br)cc2)cc1. The van der Waals surface area contributed by atoms with Gasteiger partial charge in [0.1, 0.15) is 6.61 Å². The predicted octanol–water partition coefficient (Wildman–Crippen LogP) is 3.75. The molecule has 0 bridgehead atoms. The van der Waals surface area contributed by atoms with Crippen LogP contribution in [0.5, 0.6) is 0 Å². The van der Waals surface area contributed by atoms with Gasteiger partial charge < -0.3 is 0 Å². The second kappa shape index (κ2) is 7.68. The molecule has 0 saturated heterocycles. The van der Waals surface area contributed by atoms with E-state index in [2.05, 4.69) is 15.9 Å². The average Bonchev–Trinajstić information content (AvgIpc) is 2.53. The fourth-order valence-electron chi connectivity index (χ4n) is 1.72. The lowest BCUT2D eigenvalue weighted by molar-refractivity contribution is -0.116. The van der Waals surface area contributed by atoms with Gasteiger partial charge in [-0.15, -0.1) is 0 Å². The molecule has 23 heavy (non-hydrogen) atoms. The topological polar surface area (TPSA) is 60.4 Å². The highest BCUT2D eigenvalue weighted by Crippen LogP contribution is 2.14. The molecular weight excluding hydrogens is 380 g/mol. The van der Waals surface area contributed by atoms with E-state index in [1.54, 1.807) is 18.2 Å². The molecule has 2 aromatic rings.